The molecule has 1 aliphatic heterocycles. The third-order valence-corrected chi connectivity index (χ3v) is 3.73. The lowest BCUT2D eigenvalue weighted by molar-refractivity contribution is -0.159. The van der Waals surface area contributed by atoms with Crippen molar-refractivity contribution in [1.82, 2.24) is 4.90 Å². The molecule has 1 heterocycles. The number of nitrogens with zero attached hydrogens (tertiary/aromatic N) is 1. The third kappa shape index (κ3) is 4.10. The largest absolute Gasteiger partial charge is 0.467 e. The zero-order valence-corrected chi connectivity index (χ0v) is 12.9. The van der Waals surface area contributed by atoms with Crippen LogP contribution in [0.4, 0.5) is 4.79 Å². The van der Waals surface area contributed by atoms with Gasteiger partial charge >= 0.3 is 12.1 Å². The highest BCUT2D eigenvalue weighted by molar-refractivity contribution is 5.74. The summed E-state index contributed by atoms with van der Waals surface area (Å²) in [5, 5.41) is 9.28. The molecule has 6 nitrogen and oxygen atoms in total. The summed E-state index contributed by atoms with van der Waals surface area (Å²) in [4.78, 5) is 24.2. The molecule has 1 fully saturated rings. The molecular formula is C14H25NO5. The van der Waals surface area contributed by atoms with Gasteiger partial charge in [0.05, 0.1) is 13.2 Å². The minimum Gasteiger partial charge on any atom is -0.467 e. The topological polar surface area (TPSA) is 76.1 Å². The summed E-state index contributed by atoms with van der Waals surface area (Å²) >= 11 is 0. The number of rotatable bonds is 3. The van der Waals surface area contributed by atoms with Crippen molar-refractivity contribution in [3.8, 4) is 0 Å². The highest BCUT2D eigenvalue weighted by atomic mass is 16.6. The Labute approximate surface area is 120 Å². The molecule has 20 heavy (non-hydrogen) atoms. The van der Waals surface area contributed by atoms with Crippen molar-refractivity contribution in [2.24, 2.45) is 5.41 Å². The van der Waals surface area contributed by atoms with Crippen molar-refractivity contribution < 1.29 is 24.2 Å². The fourth-order valence-electron chi connectivity index (χ4n) is 2.62. The van der Waals surface area contributed by atoms with E-state index in [2.05, 4.69) is 4.74 Å². The van der Waals surface area contributed by atoms with Gasteiger partial charge < -0.3 is 19.5 Å². The second-order valence-corrected chi connectivity index (χ2v) is 6.31. The van der Waals surface area contributed by atoms with Crippen molar-refractivity contribution in [2.45, 2.75) is 58.8 Å². The Balaban J connectivity index is 2.72. The molecule has 1 amide bonds. The van der Waals surface area contributed by atoms with Crippen LogP contribution >= 0.6 is 0 Å². The molecule has 0 spiro atoms. The van der Waals surface area contributed by atoms with Gasteiger partial charge in [0.15, 0.2) is 6.10 Å². The summed E-state index contributed by atoms with van der Waals surface area (Å²) in [6, 6.07) is -0.122. The Kier molecular flexibility index (Phi) is 5.39. The normalized spacial score (nSPS) is 25.1. The first-order valence-electron chi connectivity index (χ1n) is 6.89. The van der Waals surface area contributed by atoms with E-state index in [0.29, 0.717) is 19.4 Å². The molecule has 6 heteroatoms. The highest BCUT2D eigenvalue weighted by Crippen LogP contribution is 2.33. The van der Waals surface area contributed by atoms with Crippen molar-refractivity contribution in [2.75, 3.05) is 13.7 Å². The lowest BCUT2D eigenvalue weighted by Crippen LogP contribution is -2.53. The van der Waals surface area contributed by atoms with Gasteiger partial charge in [-0.15, -0.1) is 0 Å². The van der Waals surface area contributed by atoms with E-state index in [-0.39, 0.29) is 17.6 Å². The number of piperidine rings is 1. The Morgan fingerprint density at radius 1 is 1.35 bits per heavy atom. The summed E-state index contributed by atoms with van der Waals surface area (Å²) in [7, 11) is 1.33. The van der Waals surface area contributed by atoms with Gasteiger partial charge in [0, 0.05) is 12.6 Å². The second-order valence-electron chi connectivity index (χ2n) is 6.31. The zero-order chi connectivity index (χ0) is 15.5. The Morgan fingerprint density at radius 2 is 1.95 bits per heavy atom. The van der Waals surface area contributed by atoms with E-state index >= 15 is 0 Å². The van der Waals surface area contributed by atoms with Crippen LogP contribution in [0, 0.1) is 5.41 Å². The number of carbonyl (C=O) groups excluding carboxylic acids is 1. The van der Waals surface area contributed by atoms with Gasteiger partial charge in [0.2, 0.25) is 0 Å². The molecule has 0 aliphatic carbocycles. The Hall–Kier alpha value is -1.30. The van der Waals surface area contributed by atoms with Crippen LogP contribution in [0.1, 0.15) is 40.5 Å². The van der Waals surface area contributed by atoms with E-state index in [1.165, 1.54) is 12.0 Å². The number of carboxylic acid groups (broad SMARTS) is 1. The van der Waals surface area contributed by atoms with Crippen molar-refractivity contribution in [1.29, 1.82) is 0 Å². The summed E-state index contributed by atoms with van der Waals surface area (Å²) in [5.74, 6) is -0.405. The molecule has 1 N–H and O–H groups in total. The number of amides is 1. The summed E-state index contributed by atoms with van der Waals surface area (Å²) in [6.07, 6.45) is -0.451. The Bertz CT molecular complexity index is 363. The fourth-order valence-corrected chi connectivity index (χ4v) is 2.62. The van der Waals surface area contributed by atoms with Crippen LogP contribution in [0.2, 0.25) is 0 Å². The van der Waals surface area contributed by atoms with E-state index < -0.39 is 18.2 Å². The monoisotopic (exact) mass is 287 g/mol. The predicted octanol–water partition coefficient (Wildman–Crippen LogP) is 2.12. The number of esters is 1. The summed E-state index contributed by atoms with van der Waals surface area (Å²) in [6.45, 7) is 8.12. The van der Waals surface area contributed by atoms with E-state index in [1.807, 2.05) is 20.8 Å². The summed E-state index contributed by atoms with van der Waals surface area (Å²) in [5.41, 5.74) is -0.172. The first kappa shape index (κ1) is 16.8. The number of methoxy groups -OCH3 is 1. The van der Waals surface area contributed by atoms with Crippen LogP contribution in [0.5, 0.6) is 0 Å². The van der Waals surface area contributed by atoms with E-state index in [4.69, 9.17) is 4.74 Å². The van der Waals surface area contributed by atoms with E-state index in [0.717, 1.165) is 0 Å². The molecule has 0 saturated carbocycles. The minimum atomic E-state index is -0.899. The van der Waals surface area contributed by atoms with Crippen molar-refractivity contribution >= 4 is 12.1 Å². The van der Waals surface area contributed by atoms with E-state index in [9.17, 15) is 14.7 Å². The maximum Gasteiger partial charge on any atom is 0.407 e. The van der Waals surface area contributed by atoms with Crippen molar-refractivity contribution in [3.05, 3.63) is 0 Å². The van der Waals surface area contributed by atoms with Gasteiger partial charge in [0.1, 0.15) is 0 Å². The maximum atomic E-state index is 11.4. The van der Waals surface area contributed by atoms with Crippen LogP contribution in [-0.2, 0) is 14.3 Å². The fraction of sp³-hybridized carbons (Fsp3) is 0.857. The molecule has 0 aromatic rings. The quantitative estimate of drug-likeness (QED) is 0.805. The van der Waals surface area contributed by atoms with Gasteiger partial charge in [0.25, 0.3) is 0 Å². The summed E-state index contributed by atoms with van der Waals surface area (Å²) < 4.78 is 10.3. The van der Waals surface area contributed by atoms with E-state index in [1.54, 1.807) is 6.92 Å². The van der Waals surface area contributed by atoms with Gasteiger partial charge in [-0.3, -0.25) is 0 Å². The van der Waals surface area contributed by atoms with Gasteiger partial charge in [-0.05, 0) is 25.2 Å². The van der Waals surface area contributed by atoms with Gasteiger partial charge in [-0.2, -0.15) is 0 Å². The number of hydrogen-bond acceptors (Lipinski definition) is 4. The first-order chi connectivity index (χ1) is 9.16. The average molecular weight is 287 g/mol. The molecule has 2 unspecified atom stereocenters. The zero-order valence-electron chi connectivity index (χ0n) is 12.9. The average Bonchev–Trinajstić information content (AvgIpc) is 2.36. The van der Waals surface area contributed by atoms with Crippen molar-refractivity contribution in [3.63, 3.8) is 0 Å². The van der Waals surface area contributed by atoms with Crippen LogP contribution in [0.15, 0.2) is 0 Å². The molecule has 1 aliphatic rings. The smallest absolute Gasteiger partial charge is 0.407 e. The molecule has 1 rings (SSSR count). The molecular weight excluding hydrogens is 262 g/mol. The van der Waals surface area contributed by atoms with Crippen LogP contribution < -0.4 is 0 Å². The molecule has 0 bridgehead atoms. The minimum absolute atomic E-state index is 0.121. The number of ether oxygens (including phenoxy) is 2. The molecule has 116 valence electrons. The van der Waals surface area contributed by atoms with Crippen LogP contribution in [0.25, 0.3) is 0 Å². The van der Waals surface area contributed by atoms with Crippen LogP contribution in [0.3, 0.4) is 0 Å². The first-order valence-corrected chi connectivity index (χ1v) is 6.89. The Morgan fingerprint density at radius 3 is 2.40 bits per heavy atom. The predicted molar refractivity (Wildman–Crippen MR) is 73.6 cm³/mol. The SMILES string of the molecule is COC(=O)[C@H](C)OC1CCN(C(=O)O)C(C(C)(C)C)C1. The standard InChI is InChI=1S/C14H25NO5/c1-9(12(16)19-5)20-10-6-7-15(13(17)18)11(8-10)14(2,3)4/h9-11H,6-8H2,1-5H3,(H,17,18)/t9-,10?,11?/m0/s1. The number of hydrogen-bond donors (Lipinski definition) is 1. The molecule has 0 radical (unpaired) electrons. The maximum absolute atomic E-state index is 11.4. The van der Waals surface area contributed by atoms with Gasteiger partial charge in [-0.1, -0.05) is 20.8 Å². The molecule has 0 aromatic carbocycles. The number of likely N-dealkylation sites (tertiary alicyclic amines) is 1. The lowest BCUT2D eigenvalue weighted by atomic mass is 9.80. The highest BCUT2D eigenvalue weighted by Gasteiger charge is 2.39. The van der Waals surface area contributed by atoms with Crippen LogP contribution in [-0.4, -0.2) is 54.0 Å². The molecule has 1 saturated heterocycles. The lowest BCUT2D eigenvalue weighted by Gasteiger charge is -2.44. The number of carbonyl (C=O) groups is 2. The van der Waals surface area contributed by atoms with Gasteiger partial charge in [-0.25, -0.2) is 9.59 Å². The second kappa shape index (κ2) is 6.43. The molecule has 0 aromatic heterocycles. The third-order valence-electron chi connectivity index (χ3n) is 3.73. The molecule has 3 atom stereocenters.